The Morgan fingerprint density at radius 3 is 2.54 bits per heavy atom. The first-order chi connectivity index (χ1) is 24.4. The quantitative estimate of drug-likeness (QED) is 0.0889. The number of benzene rings is 2. The van der Waals surface area contributed by atoms with Gasteiger partial charge in [0.05, 0.1) is 18.2 Å². The predicted molar refractivity (Wildman–Crippen MR) is 193 cm³/mol. The summed E-state index contributed by atoms with van der Waals surface area (Å²) in [7, 11) is 0. The molecule has 0 radical (unpaired) electrons. The zero-order valence-electron chi connectivity index (χ0n) is 29.4. The standard InChI is InChI=1S/C41H54N2O7/c1-3-20-43(40(47)29-16-17-29)37-26-35(42-49-27-28-12-6-5-7-13-28)33-24-30(14-8-10-21-44)32(15-9-11-22-45)38-34-25-31(46)18-19-36(34)50-41(37,39(33)38)48-23-4-2/h4-7,12-13,18-19,24-25,29-30,32,37-39,44-46H,2-3,8-11,14-17,20-23,26-27H2,1H3/t30-,32+,37-,38+,39+,41+/m0/s1. The number of unbranched alkanes of at least 4 members (excludes halogenated alkanes) is 2. The van der Waals surface area contributed by atoms with Gasteiger partial charge in [0.2, 0.25) is 11.7 Å². The van der Waals surface area contributed by atoms with E-state index in [1.54, 1.807) is 12.1 Å². The van der Waals surface area contributed by atoms with Crippen LogP contribution in [0.15, 0.2) is 78.0 Å². The number of fused-ring (bicyclic) bond motifs is 2. The van der Waals surface area contributed by atoms with Crippen LogP contribution >= 0.6 is 0 Å². The zero-order valence-corrected chi connectivity index (χ0v) is 29.4. The Morgan fingerprint density at radius 1 is 1.08 bits per heavy atom. The summed E-state index contributed by atoms with van der Waals surface area (Å²) in [4.78, 5) is 22.3. The molecule has 4 aliphatic rings. The molecule has 1 heterocycles. The summed E-state index contributed by atoms with van der Waals surface area (Å²) in [6.45, 7) is 7.44. The first-order valence-corrected chi connectivity index (χ1v) is 18.7. The van der Waals surface area contributed by atoms with Crippen LogP contribution in [-0.2, 0) is 21.0 Å². The van der Waals surface area contributed by atoms with E-state index in [2.05, 4.69) is 19.6 Å². The Bertz CT molecular complexity index is 1520. The maximum absolute atomic E-state index is 14.2. The highest BCUT2D eigenvalue weighted by molar-refractivity contribution is 6.03. The van der Waals surface area contributed by atoms with Crippen molar-refractivity contribution in [2.75, 3.05) is 26.4 Å². The van der Waals surface area contributed by atoms with Crippen LogP contribution in [-0.4, -0.2) is 70.0 Å². The van der Waals surface area contributed by atoms with Crippen LogP contribution in [0.25, 0.3) is 0 Å². The number of aromatic hydroxyl groups is 1. The monoisotopic (exact) mass is 686 g/mol. The molecule has 2 aromatic carbocycles. The van der Waals surface area contributed by atoms with Gasteiger partial charge >= 0.3 is 0 Å². The van der Waals surface area contributed by atoms with E-state index in [1.807, 2.05) is 47.4 Å². The highest BCUT2D eigenvalue weighted by Gasteiger charge is 2.65. The van der Waals surface area contributed by atoms with Gasteiger partial charge in [-0.1, -0.05) is 67.4 Å². The lowest BCUT2D eigenvalue weighted by Gasteiger charge is -2.60. The van der Waals surface area contributed by atoms with Crippen LogP contribution in [0.1, 0.15) is 88.2 Å². The predicted octanol–water partition coefficient (Wildman–Crippen LogP) is 6.87. The lowest BCUT2D eigenvalue weighted by atomic mass is 9.55. The molecule has 0 unspecified atom stereocenters. The average molecular weight is 687 g/mol. The maximum atomic E-state index is 14.2. The van der Waals surface area contributed by atoms with Crippen molar-refractivity contribution in [3.8, 4) is 11.5 Å². The molecule has 9 nitrogen and oxygen atoms in total. The minimum absolute atomic E-state index is 0.00164. The number of hydrogen-bond donors (Lipinski definition) is 3. The topological polar surface area (TPSA) is 121 Å². The molecule has 9 heteroatoms. The zero-order chi connectivity index (χ0) is 35.1. The summed E-state index contributed by atoms with van der Waals surface area (Å²) in [6.07, 6.45) is 11.9. The second kappa shape index (κ2) is 16.6. The normalized spacial score (nSPS) is 27.5. The number of hydrogen-bond acceptors (Lipinski definition) is 8. The fourth-order valence-corrected chi connectivity index (χ4v) is 8.64. The fourth-order valence-electron chi connectivity index (χ4n) is 8.64. The number of amides is 1. The SMILES string of the molecule is C=CCO[C@@]12Oc3ccc(O)cc3[C@H]3[C@H](CCCCO)[C@@H](CCCCO)C=C(C(=NOCc4ccccc4)C[C@@H]1N(CCC)C(=O)C1CC1)[C@H]32. The van der Waals surface area contributed by atoms with E-state index in [4.69, 9.17) is 19.5 Å². The smallest absolute Gasteiger partial charge is 0.239 e. The first-order valence-electron chi connectivity index (χ1n) is 18.7. The van der Waals surface area contributed by atoms with Gasteiger partial charge in [0.25, 0.3) is 0 Å². The summed E-state index contributed by atoms with van der Waals surface area (Å²) in [6, 6.07) is 14.8. The molecular weight excluding hydrogens is 632 g/mol. The minimum Gasteiger partial charge on any atom is -0.508 e. The van der Waals surface area contributed by atoms with Gasteiger partial charge in [0.15, 0.2) is 0 Å². The van der Waals surface area contributed by atoms with Crippen molar-refractivity contribution in [3.05, 3.63) is 84.0 Å². The third-order valence-electron chi connectivity index (χ3n) is 11.0. The maximum Gasteiger partial charge on any atom is 0.239 e. The van der Waals surface area contributed by atoms with Gasteiger partial charge in [-0.15, -0.1) is 6.58 Å². The summed E-state index contributed by atoms with van der Waals surface area (Å²) in [5.74, 6) is -0.561. The molecule has 50 heavy (non-hydrogen) atoms. The Labute approximate surface area is 296 Å². The molecular formula is C41H54N2O7. The van der Waals surface area contributed by atoms with Gasteiger partial charge in [-0.3, -0.25) is 4.79 Å². The van der Waals surface area contributed by atoms with Crippen molar-refractivity contribution in [1.82, 2.24) is 4.90 Å². The summed E-state index contributed by atoms with van der Waals surface area (Å²) < 4.78 is 14.1. The summed E-state index contributed by atoms with van der Waals surface area (Å²) in [5, 5.41) is 35.3. The molecule has 3 N–H and O–H groups in total. The van der Waals surface area contributed by atoms with Crippen LogP contribution in [0.5, 0.6) is 11.5 Å². The van der Waals surface area contributed by atoms with Gasteiger partial charge < -0.3 is 34.5 Å². The van der Waals surface area contributed by atoms with Crippen LogP contribution in [0, 0.1) is 23.7 Å². The lowest BCUT2D eigenvalue weighted by Crippen LogP contribution is -2.70. The highest BCUT2D eigenvalue weighted by atomic mass is 16.7. The molecule has 3 aliphatic carbocycles. The lowest BCUT2D eigenvalue weighted by molar-refractivity contribution is -0.257. The summed E-state index contributed by atoms with van der Waals surface area (Å²) >= 11 is 0. The molecule has 2 saturated carbocycles. The van der Waals surface area contributed by atoms with Gasteiger partial charge in [-0.05, 0) is 86.1 Å². The molecule has 6 atom stereocenters. The van der Waals surface area contributed by atoms with Crippen LogP contribution in [0.4, 0.5) is 0 Å². The number of nitrogens with zero attached hydrogens (tertiary/aromatic N) is 2. The van der Waals surface area contributed by atoms with Crippen molar-refractivity contribution in [3.63, 3.8) is 0 Å². The molecule has 0 spiro atoms. The van der Waals surface area contributed by atoms with E-state index >= 15 is 0 Å². The molecule has 2 aromatic rings. The third kappa shape index (κ3) is 7.51. The van der Waals surface area contributed by atoms with E-state index in [-0.39, 0.29) is 61.1 Å². The van der Waals surface area contributed by atoms with Crippen molar-refractivity contribution < 1.29 is 34.4 Å². The van der Waals surface area contributed by atoms with E-state index in [0.29, 0.717) is 38.2 Å². The Kier molecular flexibility index (Phi) is 12.0. The van der Waals surface area contributed by atoms with Crippen molar-refractivity contribution in [2.45, 2.75) is 95.5 Å². The Hall–Kier alpha value is -3.66. The Morgan fingerprint density at radius 2 is 1.84 bits per heavy atom. The van der Waals surface area contributed by atoms with E-state index in [1.165, 1.54) is 0 Å². The molecule has 270 valence electrons. The second-order valence-corrected chi connectivity index (χ2v) is 14.4. The molecule has 6 rings (SSSR count). The molecule has 2 fully saturated rings. The van der Waals surface area contributed by atoms with E-state index in [9.17, 15) is 20.1 Å². The molecule has 0 aromatic heterocycles. The number of ether oxygens (including phenoxy) is 2. The number of phenols is 1. The summed E-state index contributed by atoms with van der Waals surface area (Å²) in [5.41, 5.74) is 3.72. The largest absolute Gasteiger partial charge is 0.508 e. The average Bonchev–Trinajstić information content (AvgIpc) is 3.98. The molecule has 1 amide bonds. The molecule has 1 aliphatic heterocycles. The first kappa shape index (κ1) is 36.1. The number of aliphatic hydroxyl groups is 2. The number of rotatable bonds is 18. The number of allylic oxidation sites excluding steroid dienone is 1. The van der Waals surface area contributed by atoms with Crippen LogP contribution in [0.2, 0.25) is 0 Å². The molecule has 0 bridgehead atoms. The third-order valence-corrected chi connectivity index (χ3v) is 11.0. The van der Waals surface area contributed by atoms with Crippen molar-refractivity contribution in [1.29, 1.82) is 0 Å². The number of oxime groups is 1. The fraction of sp³-hybridized carbons (Fsp3) is 0.561. The highest BCUT2D eigenvalue weighted by Crippen LogP contribution is 2.62. The van der Waals surface area contributed by atoms with Gasteiger partial charge in [-0.25, -0.2) is 0 Å². The van der Waals surface area contributed by atoms with Crippen LogP contribution in [0.3, 0.4) is 0 Å². The molecule has 0 saturated heterocycles. The van der Waals surface area contributed by atoms with E-state index < -0.39 is 11.8 Å². The van der Waals surface area contributed by atoms with Crippen molar-refractivity contribution >= 4 is 11.6 Å². The minimum atomic E-state index is -1.25. The van der Waals surface area contributed by atoms with Gasteiger partial charge in [0.1, 0.15) is 24.1 Å². The number of phenolic OH excluding ortho intramolecular Hbond substituents is 1. The van der Waals surface area contributed by atoms with E-state index in [0.717, 1.165) is 67.4 Å². The van der Waals surface area contributed by atoms with Gasteiger partial charge in [-0.2, -0.15) is 0 Å². The Balaban J connectivity index is 1.55. The number of carbonyl (C=O) groups excluding carboxylic acids is 1. The number of carbonyl (C=O) groups is 1. The number of aliphatic hydroxyl groups excluding tert-OH is 2. The van der Waals surface area contributed by atoms with Crippen LogP contribution < -0.4 is 4.74 Å². The van der Waals surface area contributed by atoms with Gasteiger partial charge in [0, 0.05) is 43.6 Å². The van der Waals surface area contributed by atoms with Crippen molar-refractivity contribution in [2.24, 2.45) is 28.8 Å². The second-order valence-electron chi connectivity index (χ2n) is 14.4.